The van der Waals surface area contributed by atoms with E-state index in [1.54, 1.807) is 11.2 Å². The quantitative estimate of drug-likeness (QED) is 0.528. The summed E-state index contributed by atoms with van der Waals surface area (Å²) in [5, 5.41) is 0. The van der Waals surface area contributed by atoms with Crippen LogP contribution in [0.1, 0.15) is 46.9 Å². The topological polar surface area (TPSA) is 46.6 Å². The molecule has 1 amide bonds. The molecule has 5 heteroatoms. The Morgan fingerprint density at radius 3 is 2.58 bits per heavy atom. The maximum atomic E-state index is 13.1. The maximum Gasteiger partial charge on any atom is 0.255 e. The molecule has 1 aromatic carbocycles. The van der Waals surface area contributed by atoms with Crippen LogP contribution in [0.2, 0.25) is 0 Å². The maximum absolute atomic E-state index is 13.1. The first-order valence-electron chi connectivity index (χ1n) is 8.76. The fraction of sp³-hybridized carbons (Fsp3) is 0.286. The van der Waals surface area contributed by atoms with Gasteiger partial charge in [0.1, 0.15) is 17.3 Å². The first kappa shape index (κ1) is 17.2. The number of benzene rings is 1. The molecule has 0 aliphatic heterocycles. The third-order valence-corrected chi connectivity index (χ3v) is 5.51. The van der Waals surface area contributed by atoms with Gasteiger partial charge in [-0.15, -0.1) is 0 Å². The van der Waals surface area contributed by atoms with Crippen LogP contribution >= 0.6 is 15.9 Å². The van der Waals surface area contributed by atoms with E-state index in [2.05, 4.69) is 22.9 Å². The lowest BCUT2D eigenvalue weighted by molar-refractivity contribution is 0.0703. The number of carbonyl (C=O) groups is 1. The van der Waals surface area contributed by atoms with Crippen LogP contribution in [0.5, 0.6) is 0 Å². The van der Waals surface area contributed by atoms with Crippen molar-refractivity contribution in [1.29, 1.82) is 0 Å². The highest BCUT2D eigenvalue weighted by Crippen LogP contribution is 2.47. The summed E-state index contributed by atoms with van der Waals surface area (Å²) in [5.74, 6) is 3.72. The van der Waals surface area contributed by atoms with Crippen molar-refractivity contribution in [2.24, 2.45) is 5.92 Å². The van der Waals surface area contributed by atoms with Crippen molar-refractivity contribution < 1.29 is 13.6 Å². The lowest BCUT2D eigenvalue weighted by Gasteiger charge is -2.21. The standard InChI is InChI=1S/C21H20BrNO3/c1-14-11-18(14)20-9-8-16(26-20)13-23(12-15-5-4-10-25-15)21(24)17-6-2-3-7-19(17)22/h2-10,14,18H,11-13H2,1H3. The van der Waals surface area contributed by atoms with Crippen LogP contribution in [0.4, 0.5) is 0 Å². The van der Waals surface area contributed by atoms with Gasteiger partial charge in [0.25, 0.3) is 5.91 Å². The molecule has 2 aromatic heterocycles. The first-order valence-corrected chi connectivity index (χ1v) is 9.56. The fourth-order valence-electron chi connectivity index (χ4n) is 3.18. The molecule has 4 rings (SSSR count). The minimum absolute atomic E-state index is 0.0633. The summed E-state index contributed by atoms with van der Waals surface area (Å²) in [6.45, 7) is 3.03. The Morgan fingerprint density at radius 2 is 1.88 bits per heavy atom. The summed E-state index contributed by atoms with van der Waals surface area (Å²) in [7, 11) is 0. The Morgan fingerprint density at radius 1 is 1.12 bits per heavy atom. The molecule has 134 valence electrons. The Kier molecular flexibility index (Phi) is 4.72. The normalized spacial score (nSPS) is 18.7. The van der Waals surface area contributed by atoms with Crippen molar-refractivity contribution in [2.75, 3.05) is 0 Å². The van der Waals surface area contributed by atoms with Crippen LogP contribution in [0, 0.1) is 5.92 Å². The van der Waals surface area contributed by atoms with Crippen molar-refractivity contribution in [2.45, 2.75) is 32.4 Å². The van der Waals surface area contributed by atoms with E-state index >= 15 is 0 Å². The molecule has 3 aromatic rings. The Balaban J connectivity index is 1.57. The zero-order valence-corrected chi connectivity index (χ0v) is 16.1. The predicted molar refractivity (Wildman–Crippen MR) is 102 cm³/mol. The van der Waals surface area contributed by atoms with Crippen LogP contribution in [-0.2, 0) is 13.1 Å². The van der Waals surface area contributed by atoms with Gasteiger partial charge in [-0.1, -0.05) is 19.1 Å². The molecule has 4 nitrogen and oxygen atoms in total. The monoisotopic (exact) mass is 413 g/mol. The summed E-state index contributed by atoms with van der Waals surface area (Å²) in [6.07, 6.45) is 2.80. The van der Waals surface area contributed by atoms with Crippen molar-refractivity contribution in [3.63, 3.8) is 0 Å². The average Bonchev–Trinajstić information content (AvgIpc) is 3.05. The van der Waals surface area contributed by atoms with Gasteiger partial charge in [-0.2, -0.15) is 0 Å². The van der Waals surface area contributed by atoms with E-state index in [1.165, 1.54) is 6.42 Å². The Hall–Kier alpha value is -2.27. The van der Waals surface area contributed by atoms with Gasteiger partial charge in [-0.25, -0.2) is 0 Å². The van der Waals surface area contributed by atoms with Crippen molar-refractivity contribution in [3.8, 4) is 0 Å². The molecule has 1 fully saturated rings. The van der Waals surface area contributed by atoms with Crippen LogP contribution in [0.25, 0.3) is 0 Å². The molecule has 2 heterocycles. The van der Waals surface area contributed by atoms with E-state index in [0.29, 0.717) is 30.5 Å². The molecule has 26 heavy (non-hydrogen) atoms. The van der Waals surface area contributed by atoms with Crippen LogP contribution in [0.15, 0.2) is 68.1 Å². The summed E-state index contributed by atoms with van der Waals surface area (Å²) in [4.78, 5) is 14.9. The molecule has 1 saturated carbocycles. The van der Waals surface area contributed by atoms with E-state index in [4.69, 9.17) is 8.83 Å². The second kappa shape index (κ2) is 7.16. The van der Waals surface area contributed by atoms with Gasteiger partial charge in [-0.3, -0.25) is 4.79 Å². The average molecular weight is 414 g/mol. The highest BCUT2D eigenvalue weighted by molar-refractivity contribution is 9.10. The molecule has 0 spiro atoms. The van der Waals surface area contributed by atoms with Gasteiger partial charge in [0.2, 0.25) is 0 Å². The number of furan rings is 2. The molecule has 2 atom stereocenters. The molecule has 0 bridgehead atoms. The van der Waals surface area contributed by atoms with Crippen LogP contribution in [0.3, 0.4) is 0 Å². The number of halogens is 1. The minimum Gasteiger partial charge on any atom is -0.467 e. The molecule has 1 aliphatic carbocycles. The van der Waals surface area contributed by atoms with E-state index in [0.717, 1.165) is 21.8 Å². The van der Waals surface area contributed by atoms with Gasteiger partial charge in [-0.05, 0) is 64.7 Å². The number of hydrogen-bond donors (Lipinski definition) is 0. The smallest absolute Gasteiger partial charge is 0.255 e. The van der Waals surface area contributed by atoms with E-state index in [-0.39, 0.29) is 5.91 Å². The molecule has 0 saturated heterocycles. The van der Waals surface area contributed by atoms with Crippen molar-refractivity contribution in [1.82, 2.24) is 4.90 Å². The van der Waals surface area contributed by atoms with Gasteiger partial charge in [0, 0.05) is 10.4 Å². The predicted octanol–water partition coefficient (Wildman–Crippen LogP) is 5.60. The van der Waals surface area contributed by atoms with E-state index in [1.807, 2.05) is 48.5 Å². The molecule has 2 unspecified atom stereocenters. The number of hydrogen-bond acceptors (Lipinski definition) is 3. The first-order chi connectivity index (χ1) is 12.6. The van der Waals surface area contributed by atoms with E-state index < -0.39 is 0 Å². The number of amides is 1. The zero-order valence-electron chi connectivity index (χ0n) is 14.5. The highest BCUT2D eigenvalue weighted by atomic mass is 79.9. The van der Waals surface area contributed by atoms with Crippen molar-refractivity contribution >= 4 is 21.8 Å². The highest BCUT2D eigenvalue weighted by Gasteiger charge is 2.36. The second-order valence-electron chi connectivity index (χ2n) is 6.84. The Bertz CT molecular complexity index is 900. The Labute approximate surface area is 160 Å². The largest absolute Gasteiger partial charge is 0.467 e. The fourth-order valence-corrected chi connectivity index (χ4v) is 3.63. The summed E-state index contributed by atoms with van der Waals surface area (Å²) in [6, 6.07) is 15.2. The number of carbonyl (C=O) groups excluding carboxylic acids is 1. The number of rotatable bonds is 6. The number of nitrogens with zero attached hydrogens (tertiary/aromatic N) is 1. The lowest BCUT2D eigenvalue weighted by atomic mass is 10.2. The van der Waals surface area contributed by atoms with Crippen LogP contribution < -0.4 is 0 Å². The van der Waals surface area contributed by atoms with E-state index in [9.17, 15) is 4.79 Å². The summed E-state index contributed by atoms with van der Waals surface area (Å²) < 4.78 is 12.2. The van der Waals surface area contributed by atoms with Crippen LogP contribution in [-0.4, -0.2) is 10.8 Å². The molecular formula is C21H20BrNO3. The van der Waals surface area contributed by atoms with Gasteiger partial charge in [0.05, 0.1) is 24.9 Å². The third kappa shape index (κ3) is 3.63. The molecule has 0 radical (unpaired) electrons. The molecule has 1 aliphatic rings. The molecular weight excluding hydrogens is 394 g/mol. The lowest BCUT2D eigenvalue weighted by Crippen LogP contribution is -2.30. The van der Waals surface area contributed by atoms with Crippen molar-refractivity contribution in [3.05, 3.63) is 82.1 Å². The summed E-state index contributed by atoms with van der Waals surface area (Å²) in [5.41, 5.74) is 0.627. The van der Waals surface area contributed by atoms with Gasteiger partial charge < -0.3 is 13.7 Å². The summed E-state index contributed by atoms with van der Waals surface area (Å²) >= 11 is 3.47. The SMILES string of the molecule is CC1CC1c1ccc(CN(Cc2ccco2)C(=O)c2ccccc2Br)o1. The van der Waals surface area contributed by atoms with Gasteiger partial charge >= 0.3 is 0 Å². The molecule has 0 N–H and O–H groups in total. The third-order valence-electron chi connectivity index (χ3n) is 4.82. The zero-order chi connectivity index (χ0) is 18.1. The van der Waals surface area contributed by atoms with Gasteiger partial charge in [0.15, 0.2) is 0 Å². The second-order valence-corrected chi connectivity index (χ2v) is 7.70. The minimum atomic E-state index is -0.0633.